The van der Waals surface area contributed by atoms with Crippen LogP contribution in [0.1, 0.15) is 46.0 Å². The van der Waals surface area contributed by atoms with Crippen LogP contribution in [0.4, 0.5) is 4.79 Å². The van der Waals surface area contributed by atoms with Crippen molar-refractivity contribution in [1.82, 2.24) is 24.9 Å². The Kier molecular flexibility index (Phi) is 9.27. The summed E-state index contributed by atoms with van der Waals surface area (Å²) in [4.78, 5) is 25.3. The third-order valence-electron chi connectivity index (χ3n) is 5.80. The largest absolute Gasteiger partial charge is 0.483 e. The number of likely N-dealkylation sites (tertiary alicyclic amines) is 2. The first kappa shape index (κ1) is 22.2. The highest BCUT2D eigenvalue weighted by Crippen LogP contribution is 2.22. The van der Waals surface area contributed by atoms with Gasteiger partial charge < -0.3 is 15.3 Å². The molecule has 2 aliphatic rings. The van der Waals surface area contributed by atoms with E-state index in [2.05, 4.69) is 29.2 Å². The maximum atomic E-state index is 12.5. The van der Waals surface area contributed by atoms with E-state index >= 15 is 0 Å². The minimum atomic E-state index is -0.250. The highest BCUT2D eigenvalue weighted by molar-refractivity contribution is 5.74. The van der Waals surface area contributed by atoms with Crippen LogP contribution in [0.5, 0.6) is 0 Å². The molecule has 0 saturated carbocycles. The van der Waals surface area contributed by atoms with Crippen LogP contribution in [0.25, 0.3) is 0 Å². The standard InChI is InChI=1S/C19H33N5O.CH2O2/c1-16(2)24-11-3-5-18(24)15-20-19(25)22-12-6-17(7-13-22)8-14-23-10-4-9-21-23;2-1-3/h4,9-10,16-18H,3,5-8,11-15H2,1-2H3,(H,20,25);1H,(H,2,3). The zero-order valence-corrected chi connectivity index (χ0v) is 17.2. The van der Waals surface area contributed by atoms with Gasteiger partial charge in [-0.05, 0) is 64.5 Å². The summed E-state index contributed by atoms with van der Waals surface area (Å²) < 4.78 is 2.00. The number of rotatable bonds is 6. The van der Waals surface area contributed by atoms with Gasteiger partial charge in [0.05, 0.1) is 0 Å². The number of nitrogens with zero attached hydrogens (tertiary/aromatic N) is 4. The van der Waals surface area contributed by atoms with Gasteiger partial charge in [0.15, 0.2) is 0 Å². The summed E-state index contributed by atoms with van der Waals surface area (Å²) in [7, 11) is 0. The van der Waals surface area contributed by atoms with Gasteiger partial charge in [0.2, 0.25) is 0 Å². The maximum Gasteiger partial charge on any atom is 0.317 e. The zero-order chi connectivity index (χ0) is 20.4. The molecular formula is C20H35N5O3. The molecule has 2 amide bonds. The van der Waals surface area contributed by atoms with Crippen molar-refractivity contribution in [1.29, 1.82) is 0 Å². The average Bonchev–Trinajstić information content (AvgIpc) is 3.37. The summed E-state index contributed by atoms with van der Waals surface area (Å²) in [6.45, 7) is 8.94. The van der Waals surface area contributed by atoms with Gasteiger partial charge in [-0.25, -0.2) is 4.79 Å². The van der Waals surface area contributed by atoms with E-state index in [1.165, 1.54) is 19.4 Å². The molecule has 0 aromatic carbocycles. The maximum absolute atomic E-state index is 12.5. The lowest BCUT2D eigenvalue weighted by Gasteiger charge is -2.33. The summed E-state index contributed by atoms with van der Waals surface area (Å²) in [6, 6.07) is 3.17. The van der Waals surface area contributed by atoms with E-state index in [9.17, 15) is 4.79 Å². The van der Waals surface area contributed by atoms with E-state index in [0.717, 1.165) is 45.4 Å². The highest BCUT2D eigenvalue weighted by atomic mass is 16.3. The first-order valence-electron chi connectivity index (χ1n) is 10.4. The van der Waals surface area contributed by atoms with Crippen molar-refractivity contribution in [3.05, 3.63) is 18.5 Å². The first-order chi connectivity index (χ1) is 13.5. The Hall–Kier alpha value is -2.09. The molecule has 3 heterocycles. The molecule has 8 nitrogen and oxygen atoms in total. The molecule has 0 spiro atoms. The molecule has 1 aromatic heterocycles. The van der Waals surface area contributed by atoms with Gasteiger partial charge >= 0.3 is 6.03 Å². The summed E-state index contributed by atoms with van der Waals surface area (Å²) in [5.74, 6) is 0.708. The van der Waals surface area contributed by atoms with Crippen molar-refractivity contribution in [3.63, 3.8) is 0 Å². The predicted molar refractivity (Wildman–Crippen MR) is 108 cm³/mol. The topological polar surface area (TPSA) is 90.7 Å². The monoisotopic (exact) mass is 393 g/mol. The van der Waals surface area contributed by atoms with E-state index in [0.29, 0.717) is 18.0 Å². The normalized spacial score (nSPS) is 20.7. The van der Waals surface area contributed by atoms with Gasteiger partial charge in [-0.15, -0.1) is 0 Å². The van der Waals surface area contributed by atoms with E-state index in [1.807, 2.05) is 28.0 Å². The lowest BCUT2D eigenvalue weighted by molar-refractivity contribution is -0.122. The third kappa shape index (κ3) is 6.82. The number of piperidine rings is 1. The Labute approximate surface area is 167 Å². The predicted octanol–water partition coefficient (Wildman–Crippen LogP) is 2.27. The van der Waals surface area contributed by atoms with E-state index in [-0.39, 0.29) is 12.5 Å². The second kappa shape index (κ2) is 11.7. The van der Waals surface area contributed by atoms with Crippen LogP contribution < -0.4 is 5.32 Å². The molecule has 2 N–H and O–H groups in total. The minimum Gasteiger partial charge on any atom is -0.483 e. The van der Waals surface area contributed by atoms with Crippen molar-refractivity contribution in [2.75, 3.05) is 26.2 Å². The summed E-state index contributed by atoms with van der Waals surface area (Å²) in [6.07, 6.45) is 9.67. The fourth-order valence-electron chi connectivity index (χ4n) is 4.25. The molecule has 158 valence electrons. The lowest BCUT2D eigenvalue weighted by atomic mass is 9.94. The van der Waals surface area contributed by atoms with Gasteiger partial charge in [-0.1, -0.05) is 0 Å². The third-order valence-corrected chi connectivity index (χ3v) is 5.80. The van der Waals surface area contributed by atoms with Crippen LogP contribution in [-0.2, 0) is 11.3 Å². The molecule has 3 rings (SSSR count). The highest BCUT2D eigenvalue weighted by Gasteiger charge is 2.28. The number of nitrogens with one attached hydrogen (secondary N) is 1. The number of carboxylic acid groups (broad SMARTS) is 1. The number of carbonyl (C=O) groups excluding carboxylic acids is 1. The van der Waals surface area contributed by atoms with Gasteiger partial charge in [0, 0.05) is 50.7 Å². The van der Waals surface area contributed by atoms with Crippen molar-refractivity contribution in [2.24, 2.45) is 5.92 Å². The Balaban J connectivity index is 0.000000878. The first-order valence-corrected chi connectivity index (χ1v) is 10.4. The van der Waals surface area contributed by atoms with Crippen molar-refractivity contribution in [3.8, 4) is 0 Å². The molecule has 8 heteroatoms. The zero-order valence-electron chi connectivity index (χ0n) is 17.2. The van der Waals surface area contributed by atoms with Crippen LogP contribution in [-0.4, -0.2) is 75.5 Å². The minimum absolute atomic E-state index is 0.126. The molecule has 0 aliphatic carbocycles. The van der Waals surface area contributed by atoms with Gasteiger partial charge in [-0.3, -0.25) is 14.4 Å². The van der Waals surface area contributed by atoms with Gasteiger partial charge in [0.1, 0.15) is 0 Å². The second-order valence-corrected chi connectivity index (χ2v) is 7.91. The van der Waals surface area contributed by atoms with Crippen LogP contribution in [0.2, 0.25) is 0 Å². The Morgan fingerprint density at radius 2 is 2.00 bits per heavy atom. The van der Waals surface area contributed by atoms with E-state index < -0.39 is 0 Å². The number of hydrogen-bond acceptors (Lipinski definition) is 4. The Bertz CT molecular complexity index is 570. The van der Waals surface area contributed by atoms with Gasteiger partial charge in [-0.2, -0.15) is 5.10 Å². The van der Waals surface area contributed by atoms with Crippen molar-refractivity contribution in [2.45, 2.75) is 64.6 Å². The smallest absolute Gasteiger partial charge is 0.317 e. The number of urea groups is 1. The van der Waals surface area contributed by atoms with Crippen molar-refractivity contribution < 1.29 is 14.7 Å². The molecule has 28 heavy (non-hydrogen) atoms. The molecule has 0 bridgehead atoms. The van der Waals surface area contributed by atoms with Crippen LogP contribution in [0.15, 0.2) is 18.5 Å². The van der Waals surface area contributed by atoms with E-state index in [4.69, 9.17) is 9.90 Å². The van der Waals surface area contributed by atoms with Crippen molar-refractivity contribution >= 4 is 12.5 Å². The van der Waals surface area contributed by atoms with Crippen LogP contribution in [0.3, 0.4) is 0 Å². The lowest BCUT2D eigenvalue weighted by Crippen LogP contribution is -2.49. The molecule has 2 aliphatic heterocycles. The number of aryl methyl sites for hydroxylation is 1. The average molecular weight is 394 g/mol. The number of hydrogen-bond donors (Lipinski definition) is 2. The second-order valence-electron chi connectivity index (χ2n) is 7.91. The fourth-order valence-corrected chi connectivity index (χ4v) is 4.25. The molecule has 2 fully saturated rings. The Morgan fingerprint density at radius 1 is 1.29 bits per heavy atom. The van der Waals surface area contributed by atoms with Crippen LogP contribution >= 0.6 is 0 Å². The quantitative estimate of drug-likeness (QED) is 0.724. The fraction of sp³-hybridized carbons (Fsp3) is 0.750. The van der Waals surface area contributed by atoms with E-state index in [1.54, 1.807) is 0 Å². The molecule has 1 unspecified atom stereocenters. The molecular weight excluding hydrogens is 358 g/mol. The van der Waals surface area contributed by atoms with Crippen LogP contribution in [0, 0.1) is 5.92 Å². The number of aromatic nitrogens is 2. The number of amides is 2. The summed E-state index contributed by atoms with van der Waals surface area (Å²) in [5, 5.41) is 14.3. The number of carbonyl (C=O) groups is 2. The molecule has 2 saturated heterocycles. The SMILES string of the molecule is CC(C)N1CCCC1CNC(=O)N1CCC(CCn2cccn2)CC1.O=CO. The van der Waals surface area contributed by atoms with Gasteiger partial charge in [0.25, 0.3) is 6.47 Å². The molecule has 0 radical (unpaired) electrons. The molecule has 1 atom stereocenters. The summed E-state index contributed by atoms with van der Waals surface area (Å²) in [5.41, 5.74) is 0. The summed E-state index contributed by atoms with van der Waals surface area (Å²) >= 11 is 0. The Morgan fingerprint density at radius 3 is 2.61 bits per heavy atom. The molecule has 1 aromatic rings.